The number of benzene rings is 1. The minimum Gasteiger partial charge on any atom is -0.491 e. The molecule has 0 bridgehead atoms. The van der Waals surface area contributed by atoms with Gasteiger partial charge in [-0.1, -0.05) is 27.2 Å². The van der Waals surface area contributed by atoms with Gasteiger partial charge in [0.25, 0.3) is 0 Å². The molecule has 30 heavy (non-hydrogen) atoms. The van der Waals surface area contributed by atoms with Crippen LogP contribution in [-0.4, -0.2) is 62.2 Å². The Labute approximate surface area is 181 Å². The van der Waals surface area contributed by atoms with Crippen LogP contribution in [-0.2, 0) is 21.4 Å². The van der Waals surface area contributed by atoms with E-state index in [2.05, 4.69) is 61.1 Å². The van der Waals surface area contributed by atoms with Gasteiger partial charge in [-0.2, -0.15) is 5.10 Å². The van der Waals surface area contributed by atoms with Crippen molar-refractivity contribution < 1.29 is 14.2 Å². The van der Waals surface area contributed by atoms with Crippen LogP contribution in [0.3, 0.4) is 0 Å². The lowest BCUT2D eigenvalue weighted by molar-refractivity contribution is 0.105. The van der Waals surface area contributed by atoms with Crippen LogP contribution in [0.2, 0.25) is 0 Å². The minimum atomic E-state index is -0.135. The second kappa shape index (κ2) is 12.1. The number of rotatable bonds is 14. The molecule has 0 fully saturated rings. The lowest BCUT2D eigenvalue weighted by Crippen LogP contribution is -2.24. The summed E-state index contributed by atoms with van der Waals surface area (Å²) >= 11 is 0. The van der Waals surface area contributed by atoms with Gasteiger partial charge in [-0.3, -0.25) is 5.10 Å². The van der Waals surface area contributed by atoms with Crippen molar-refractivity contribution in [2.45, 2.75) is 52.5 Å². The highest BCUT2D eigenvalue weighted by Gasteiger charge is 2.23. The van der Waals surface area contributed by atoms with E-state index in [0.29, 0.717) is 26.4 Å². The van der Waals surface area contributed by atoms with Gasteiger partial charge in [0.1, 0.15) is 12.4 Å². The summed E-state index contributed by atoms with van der Waals surface area (Å²) < 4.78 is 16.9. The summed E-state index contributed by atoms with van der Waals surface area (Å²) in [5.74, 6) is 0.837. The molecule has 6 heteroatoms. The maximum Gasteiger partial charge on any atom is 0.120 e. The quantitative estimate of drug-likeness (QED) is 0.454. The van der Waals surface area contributed by atoms with Crippen molar-refractivity contribution in [3.05, 3.63) is 35.5 Å². The second-order valence-electron chi connectivity index (χ2n) is 8.47. The lowest BCUT2D eigenvalue weighted by Gasteiger charge is -2.26. The van der Waals surface area contributed by atoms with E-state index in [9.17, 15) is 0 Å². The van der Waals surface area contributed by atoms with Crippen molar-refractivity contribution in [1.82, 2.24) is 15.1 Å². The van der Waals surface area contributed by atoms with Gasteiger partial charge in [0.15, 0.2) is 0 Å². The Morgan fingerprint density at radius 2 is 1.93 bits per heavy atom. The van der Waals surface area contributed by atoms with Crippen molar-refractivity contribution in [2.24, 2.45) is 0 Å². The molecule has 0 aliphatic rings. The number of hydrogen-bond donors (Lipinski definition) is 1. The number of methoxy groups -OCH3 is 1. The van der Waals surface area contributed by atoms with E-state index < -0.39 is 0 Å². The first kappa shape index (κ1) is 24.4. The number of aromatic amines is 1. The molecule has 168 valence electrons. The third-order valence-electron chi connectivity index (χ3n) is 5.25. The van der Waals surface area contributed by atoms with Crippen LogP contribution in [0, 0.1) is 0 Å². The fraction of sp³-hybridized carbons (Fsp3) is 0.625. The summed E-state index contributed by atoms with van der Waals surface area (Å²) in [5.41, 5.74) is 4.37. The molecule has 0 spiro atoms. The van der Waals surface area contributed by atoms with Crippen LogP contribution in [0.1, 0.15) is 51.7 Å². The van der Waals surface area contributed by atoms with E-state index >= 15 is 0 Å². The highest BCUT2D eigenvalue weighted by molar-refractivity contribution is 5.66. The zero-order valence-electron chi connectivity index (χ0n) is 19.6. The van der Waals surface area contributed by atoms with Crippen molar-refractivity contribution in [3.8, 4) is 17.0 Å². The van der Waals surface area contributed by atoms with Gasteiger partial charge in [-0.25, -0.2) is 0 Å². The molecular weight excluding hydrogens is 378 g/mol. The number of hydrogen-bond acceptors (Lipinski definition) is 5. The molecule has 0 saturated carbocycles. The third-order valence-corrected chi connectivity index (χ3v) is 5.25. The molecule has 0 radical (unpaired) electrons. The van der Waals surface area contributed by atoms with E-state index in [-0.39, 0.29) is 5.41 Å². The van der Waals surface area contributed by atoms with Gasteiger partial charge in [-0.05, 0) is 50.7 Å². The Kier molecular flexibility index (Phi) is 9.82. The molecule has 0 amide bonds. The molecular formula is C24H39N3O3. The van der Waals surface area contributed by atoms with Gasteiger partial charge < -0.3 is 19.1 Å². The van der Waals surface area contributed by atoms with Crippen molar-refractivity contribution in [1.29, 1.82) is 0 Å². The molecule has 0 atom stereocenters. The van der Waals surface area contributed by atoms with Gasteiger partial charge in [0.05, 0.1) is 25.1 Å². The fourth-order valence-electron chi connectivity index (χ4n) is 3.38. The first-order chi connectivity index (χ1) is 14.4. The number of unbranched alkanes of at least 4 members (excludes halogenated alkanes) is 1. The standard InChI is InChI=1S/C24H39N3O3/c1-7-9-10-27(5)17-20-16-25-26-23(20)19-13-21(24(3,4)18-29-8-2)15-22(14-19)30-12-11-28-6/h13-16H,7-12,17-18H2,1-6H3,(H,25,26). The molecule has 2 aromatic rings. The molecule has 1 aromatic carbocycles. The smallest absolute Gasteiger partial charge is 0.120 e. The van der Waals surface area contributed by atoms with Gasteiger partial charge >= 0.3 is 0 Å². The first-order valence-corrected chi connectivity index (χ1v) is 11.0. The molecule has 1 aromatic heterocycles. The van der Waals surface area contributed by atoms with Crippen molar-refractivity contribution in [3.63, 3.8) is 0 Å². The predicted molar refractivity (Wildman–Crippen MR) is 122 cm³/mol. The Bertz CT molecular complexity index is 758. The molecule has 1 heterocycles. The van der Waals surface area contributed by atoms with E-state index in [0.717, 1.165) is 30.1 Å². The summed E-state index contributed by atoms with van der Waals surface area (Å²) in [6.45, 7) is 13.0. The summed E-state index contributed by atoms with van der Waals surface area (Å²) in [4.78, 5) is 2.34. The van der Waals surface area contributed by atoms with E-state index in [1.165, 1.54) is 24.0 Å². The number of H-pyrrole nitrogens is 1. The number of nitrogens with one attached hydrogen (secondary N) is 1. The molecule has 0 unspecified atom stereocenters. The average molecular weight is 418 g/mol. The minimum absolute atomic E-state index is 0.135. The van der Waals surface area contributed by atoms with Crippen LogP contribution in [0.4, 0.5) is 0 Å². The van der Waals surface area contributed by atoms with Gasteiger partial charge in [0.2, 0.25) is 0 Å². The van der Waals surface area contributed by atoms with Crippen molar-refractivity contribution in [2.75, 3.05) is 47.1 Å². The molecule has 0 saturated heterocycles. The SMILES string of the molecule is CCCCN(C)Cc1cn[nH]c1-c1cc(OCCOC)cc(C(C)(C)COCC)c1. The maximum atomic E-state index is 5.99. The van der Waals surface area contributed by atoms with Gasteiger partial charge in [0, 0.05) is 36.8 Å². The lowest BCUT2D eigenvalue weighted by atomic mass is 9.84. The van der Waals surface area contributed by atoms with Crippen LogP contribution in [0.15, 0.2) is 24.4 Å². The maximum absolute atomic E-state index is 5.99. The number of ether oxygens (including phenoxy) is 3. The largest absolute Gasteiger partial charge is 0.491 e. The zero-order valence-corrected chi connectivity index (χ0v) is 19.6. The highest BCUT2D eigenvalue weighted by atomic mass is 16.5. The molecule has 0 aliphatic heterocycles. The Hall–Kier alpha value is -1.89. The predicted octanol–water partition coefficient (Wildman–Crippen LogP) is 4.65. The number of aromatic nitrogens is 2. The normalized spacial score (nSPS) is 12.0. The Balaban J connectivity index is 2.35. The highest BCUT2D eigenvalue weighted by Crippen LogP contribution is 2.33. The topological polar surface area (TPSA) is 59.6 Å². The fourth-order valence-corrected chi connectivity index (χ4v) is 3.38. The van der Waals surface area contributed by atoms with Crippen molar-refractivity contribution >= 4 is 0 Å². The van der Waals surface area contributed by atoms with E-state index in [1.54, 1.807) is 7.11 Å². The van der Waals surface area contributed by atoms with Crippen LogP contribution in [0.25, 0.3) is 11.3 Å². The summed E-state index contributed by atoms with van der Waals surface area (Å²) in [6, 6.07) is 6.42. The second-order valence-corrected chi connectivity index (χ2v) is 8.47. The number of nitrogens with zero attached hydrogens (tertiary/aromatic N) is 2. The molecule has 2 rings (SSSR count). The van der Waals surface area contributed by atoms with Gasteiger partial charge in [-0.15, -0.1) is 0 Å². The van der Waals surface area contributed by atoms with Crippen LogP contribution < -0.4 is 4.74 Å². The van der Waals surface area contributed by atoms with E-state index in [4.69, 9.17) is 14.2 Å². The molecule has 1 N–H and O–H groups in total. The monoisotopic (exact) mass is 417 g/mol. The third kappa shape index (κ3) is 7.11. The first-order valence-electron chi connectivity index (χ1n) is 11.0. The Morgan fingerprint density at radius 3 is 2.63 bits per heavy atom. The average Bonchev–Trinajstić information content (AvgIpc) is 3.19. The summed E-state index contributed by atoms with van der Waals surface area (Å²) in [6.07, 6.45) is 4.32. The molecule has 0 aliphatic carbocycles. The van der Waals surface area contributed by atoms with Crippen LogP contribution >= 0.6 is 0 Å². The zero-order chi connectivity index (χ0) is 22.0. The van der Waals surface area contributed by atoms with E-state index in [1.807, 2.05) is 13.1 Å². The Morgan fingerprint density at radius 1 is 1.13 bits per heavy atom. The summed E-state index contributed by atoms with van der Waals surface area (Å²) in [5, 5.41) is 7.55. The summed E-state index contributed by atoms with van der Waals surface area (Å²) in [7, 11) is 3.84. The van der Waals surface area contributed by atoms with Crippen LogP contribution in [0.5, 0.6) is 5.75 Å². The molecule has 6 nitrogen and oxygen atoms in total.